The van der Waals surface area contributed by atoms with Crippen molar-refractivity contribution >= 4 is 60.9 Å². The van der Waals surface area contributed by atoms with E-state index in [-0.39, 0.29) is 21.7 Å². The molecule has 0 N–H and O–H groups in total. The van der Waals surface area contributed by atoms with Gasteiger partial charge in [-0.15, -0.1) is 0 Å². The third-order valence-electron chi connectivity index (χ3n) is 17.1. The van der Waals surface area contributed by atoms with Crippen LogP contribution in [-0.2, 0) is 21.7 Å². The lowest BCUT2D eigenvalue weighted by Gasteiger charge is -2.30. The smallest absolute Gasteiger partial charge is 0.143 e. The molecule has 0 fully saturated rings. The Morgan fingerprint density at radius 2 is 0.915 bits per heavy atom. The molecule has 3 aliphatic rings. The Morgan fingerprint density at radius 3 is 1.61 bits per heavy atom. The van der Waals surface area contributed by atoms with Crippen LogP contribution < -0.4 is 4.90 Å². The van der Waals surface area contributed by atoms with E-state index < -0.39 is 0 Å². The van der Waals surface area contributed by atoms with Crippen LogP contribution >= 0.6 is 0 Å². The fourth-order valence-corrected chi connectivity index (χ4v) is 13.1. The summed E-state index contributed by atoms with van der Waals surface area (Å²) in [4.78, 5) is 2.49. The largest absolute Gasteiger partial charge is 0.456 e. The van der Waals surface area contributed by atoms with Gasteiger partial charge in [-0.2, -0.15) is 0 Å². The summed E-state index contributed by atoms with van der Waals surface area (Å²) in [6.07, 6.45) is 0. The number of fused-ring (bicyclic) bond motifs is 17. The minimum Gasteiger partial charge on any atom is -0.456 e. The molecule has 3 nitrogen and oxygen atoms in total. The highest BCUT2D eigenvalue weighted by Gasteiger charge is 2.44. The highest BCUT2D eigenvalue weighted by Crippen LogP contribution is 2.60. The molecule has 346 valence electrons. The van der Waals surface area contributed by atoms with Crippen molar-refractivity contribution in [1.29, 1.82) is 0 Å². The average Bonchev–Trinajstić information content (AvgIpc) is 4.10. The zero-order valence-electron chi connectivity index (χ0n) is 42.4. The van der Waals surface area contributed by atoms with E-state index in [0.717, 1.165) is 50.3 Å². The number of hydrogen-bond acceptors (Lipinski definition) is 3. The summed E-state index contributed by atoms with van der Waals surface area (Å²) in [7, 11) is 0. The van der Waals surface area contributed by atoms with Gasteiger partial charge in [-0.25, -0.2) is 0 Å². The fourth-order valence-electron chi connectivity index (χ4n) is 13.1. The summed E-state index contributed by atoms with van der Waals surface area (Å²) in [6, 6.07) is 61.6. The van der Waals surface area contributed by atoms with Crippen LogP contribution in [0.5, 0.6) is 0 Å². The van der Waals surface area contributed by atoms with Gasteiger partial charge in [-0.3, -0.25) is 0 Å². The molecule has 9 aromatic carbocycles. The van der Waals surface area contributed by atoms with E-state index in [4.69, 9.17) is 8.83 Å². The Kier molecular flexibility index (Phi) is 8.36. The van der Waals surface area contributed by atoms with E-state index in [1.165, 1.54) is 99.6 Å². The molecule has 11 aromatic rings. The maximum atomic E-state index is 6.83. The molecule has 0 radical (unpaired) electrons. The number of para-hydroxylation sites is 2. The molecule has 2 aromatic heterocycles. The standard InChI is InChI=1S/C68H57NO2/c1-38-19-21-39(22-20-38)48-35-56-60(63-47-16-12-14-18-58(47)71-64(48)63)45-30-28-43(34-53(45)68(56,9)10)69(41-25-23-40(24-26-41)65(2,3)4)42-27-29-44-49-36-55-50(37-54(49)67(7,8)52(44)33-42)61-51(66(55,5)6)31-32-59-62(61)46-15-11-13-17-57(46)70-59/h11-37H,1-10H3. The number of furan rings is 2. The summed E-state index contributed by atoms with van der Waals surface area (Å²) in [6.45, 7) is 23.5. The predicted octanol–water partition coefficient (Wildman–Crippen LogP) is 19.1. The van der Waals surface area contributed by atoms with Crippen LogP contribution in [0.2, 0.25) is 0 Å². The van der Waals surface area contributed by atoms with Gasteiger partial charge in [0.1, 0.15) is 22.3 Å². The van der Waals surface area contributed by atoms with Gasteiger partial charge in [0, 0.05) is 60.4 Å². The summed E-state index contributed by atoms with van der Waals surface area (Å²) in [5, 5.41) is 4.76. The molecule has 0 saturated carbocycles. The zero-order chi connectivity index (χ0) is 48.7. The number of benzene rings is 9. The van der Waals surface area contributed by atoms with E-state index in [0.29, 0.717) is 0 Å². The van der Waals surface area contributed by atoms with Crippen molar-refractivity contribution < 1.29 is 8.83 Å². The number of aryl methyl sites for hydroxylation is 1. The van der Waals surface area contributed by atoms with Crippen molar-refractivity contribution in [3.05, 3.63) is 208 Å². The SMILES string of the molecule is Cc1ccc(-c2cc3c(c4c2oc2ccccc24)-c2ccc(N(c4ccc(C(C)(C)C)cc4)c4ccc5c(c4)C(C)(C)c4cc6c(cc4-5)C(C)(C)c4ccc5oc7ccccc7c5c4-6)cc2C3(C)C)cc1. The molecule has 0 atom stereocenters. The minimum atomic E-state index is -0.295. The maximum absolute atomic E-state index is 6.83. The summed E-state index contributed by atoms with van der Waals surface area (Å²) >= 11 is 0. The van der Waals surface area contributed by atoms with E-state index >= 15 is 0 Å². The second-order valence-electron chi connectivity index (χ2n) is 23.4. The quantitative estimate of drug-likeness (QED) is 0.176. The van der Waals surface area contributed by atoms with Crippen LogP contribution in [0.25, 0.3) is 88.4 Å². The fraction of sp³-hybridized carbons (Fsp3) is 0.206. The van der Waals surface area contributed by atoms with E-state index in [2.05, 4.69) is 238 Å². The van der Waals surface area contributed by atoms with Gasteiger partial charge >= 0.3 is 0 Å². The summed E-state index contributed by atoms with van der Waals surface area (Å²) in [5.41, 5.74) is 27.3. The Morgan fingerprint density at radius 1 is 0.394 bits per heavy atom. The summed E-state index contributed by atoms with van der Waals surface area (Å²) < 4.78 is 13.3. The first-order valence-corrected chi connectivity index (χ1v) is 25.4. The molecule has 71 heavy (non-hydrogen) atoms. The van der Waals surface area contributed by atoms with Crippen molar-refractivity contribution in [2.45, 2.75) is 90.9 Å². The molecule has 0 saturated heterocycles. The van der Waals surface area contributed by atoms with Crippen molar-refractivity contribution in [2.75, 3.05) is 4.90 Å². The number of anilines is 3. The third-order valence-corrected chi connectivity index (χ3v) is 17.1. The highest BCUT2D eigenvalue weighted by atomic mass is 16.3. The van der Waals surface area contributed by atoms with E-state index in [1.807, 2.05) is 0 Å². The number of rotatable bonds is 4. The van der Waals surface area contributed by atoms with E-state index in [9.17, 15) is 0 Å². The molecule has 14 rings (SSSR count). The predicted molar refractivity (Wildman–Crippen MR) is 297 cm³/mol. The van der Waals surface area contributed by atoms with Gasteiger partial charge in [0.2, 0.25) is 0 Å². The van der Waals surface area contributed by atoms with Crippen molar-refractivity contribution in [2.24, 2.45) is 0 Å². The Balaban J connectivity index is 0.937. The topological polar surface area (TPSA) is 29.5 Å². The second-order valence-corrected chi connectivity index (χ2v) is 23.4. The highest BCUT2D eigenvalue weighted by molar-refractivity contribution is 6.19. The molecule has 3 aliphatic carbocycles. The van der Waals surface area contributed by atoms with Gasteiger partial charge in [-0.05, 0) is 163 Å². The van der Waals surface area contributed by atoms with Crippen LogP contribution in [-0.4, -0.2) is 0 Å². The Bertz CT molecular complexity index is 4110. The first-order chi connectivity index (χ1) is 34.0. The molecule has 0 spiro atoms. The molecule has 0 amide bonds. The second kappa shape index (κ2) is 14.0. The monoisotopic (exact) mass is 919 g/mol. The van der Waals surface area contributed by atoms with Crippen LogP contribution in [0.4, 0.5) is 17.1 Å². The molecule has 0 unspecified atom stereocenters. The van der Waals surface area contributed by atoms with Crippen LogP contribution in [0.3, 0.4) is 0 Å². The average molecular weight is 920 g/mol. The van der Waals surface area contributed by atoms with Gasteiger partial charge < -0.3 is 13.7 Å². The molecule has 3 heteroatoms. The maximum Gasteiger partial charge on any atom is 0.143 e. The lowest BCUT2D eigenvalue weighted by atomic mass is 9.79. The number of nitrogens with zero attached hydrogens (tertiary/aromatic N) is 1. The van der Waals surface area contributed by atoms with Gasteiger partial charge in [0.15, 0.2) is 0 Å². The first-order valence-electron chi connectivity index (χ1n) is 25.4. The lowest BCUT2D eigenvalue weighted by molar-refractivity contribution is 0.590. The van der Waals surface area contributed by atoms with Crippen molar-refractivity contribution in [3.63, 3.8) is 0 Å². The van der Waals surface area contributed by atoms with Crippen LogP contribution in [0.15, 0.2) is 173 Å². The minimum absolute atomic E-state index is 0.0297. The first kappa shape index (κ1) is 42.3. The zero-order valence-corrected chi connectivity index (χ0v) is 42.4. The third kappa shape index (κ3) is 5.72. The van der Waals surface area contributed by atoms with Crippen molar-refractivity contribution in [1.82, 2.24) is 0 Å². The molecular weight excluding hydrogens is 863 g/mol. The van der Waals surface area contributed by atoms with Gasteiger partial charge in [0.25, 0.3) is 0 Å². The summed E-state index contributed by atoms with van der Waals surface area (Å²) in [5.74, 6) is 0. The molecule has 0 aliphatic heterocycles. The Hall–Kier alpha value is -7.62. The van der Waals surface area contributed by atoms with Crippen LogP contribution in [0.1, 0.15) is 107 Å². The van der Waals surface area contributed by atoms with Crippen LogP contribution in [0, 0.1) is 6.92 Å². The normalized spacial score (nSPS) is 15.5. The molecule has 2 heterocycles. The lowest BCUT2D eigenvalue weighted by Crippen LogP contribution is -2.18. The number of hydrogen-bond donors (Lipinski definition) is 0. The van der Waals surface area contributed by atoms with E-state index in [1.54, 1.807) is 0 Å². The molecular formula is C68H57NO2. The van der Waals surface area contributed by atoms with Crippen molar-refractivity contribution in [3.8, 4) is 44.5 Å². The van der Waals surface area contributed by atoms with Gasteiger partial charge in [0.05, 0.1) is 0 Å². The van der Waals surface area contributed by atoms with Gasteiger partial charge in [-0.1, -0.05) is 159 Å². The Labute approximate surface area is 416 Å². The molecule has 0 bridgehead atoms.